The van der Waals surface area contributed by atoms with Gasteiger partial charge in [-0.1, -0.05) is 48.9 Å². The van der Waals surface area contributed by atoms with Crippen molar-refractivity contribution in [1.82, 2.24) is 5.32 Å². The molecule has 0 saturated carbocycles. The maximum Gasteiger partial charge on any atom is 0.0320 e. The quantitative estimate of drug-likeness (QED) is 0.799. The maximum absolute atomic E-state index is 5.62. The molecule has 0 aliphatic rings. The molecule has 0 aliphatic heterocycles. The highest BCUT2D eigenvalue weighted by atomic mass is 35.5. The van der Waals surface area contributed by atoms with Crippen molar-refractivity contribution in [3.63, 3.8) is 0 Å². The average molecular weight is 224 g/mol. The first kappa shape index (κ1) is 12.3. The van der Waals surface area contributed by atoms with Gasteiger partial charge in [0.15, 0.2) is 0 Å². The highest BCUT2D eigenvalue weighted by molar-refractivity contribution is 6.25. The molecule has 82 valence electrons. The highest BCUT2D eigenvalue weighted by Crippen LogP contribution is 2.15. The first-order valence-corrected chi connectivity index (χ1v) is 5.75. The van der Waals surface area contributed by atoms with Crippen LogP contribution in [0.15, 0.2) is 41.4 Å². The fraction of sp³-hybridized carbons (Fsp3) is 0.385. The molecule has 1 atom stereocenters. The van der Waals surface area contributed by atoms with Gasteiger partial charge < -0.3 is 5.32 Å². The minimum absolute atomic E-state index is 0.415. The molecular weight excluding hydrogens is 206 g/mol. The Labute approximate surface area is 97.1 Å². The van der Waals surface area contributed by atoms with E-state index in [9.17, 15) is 0 Å². The van der Waals surface area contributed by atoms with Gasteiger partial charge in [0.25, 0.3) is 0 Å². The molecule has 0 aromatic heterocycles. The van der Waals surface area contributed by atoms with E-state index in [0.29, 0.717) is 6.04 Å². The van der Waals surface area contributed by atoms with Crippen LogP contribution in [0.1, 0.15) is 31.9 Å². The minimum Gasteiger partial charge on any atom is -0.306 e. The Kier molecular flexibility index (Phi) is 5.44. The van der Waals surface area contributed by atoms with E-state index in [1.54, 1.807) is 5.54 Å². The highest BCUT2D eigenvalue weighted by Gasteiger charge is 2.06. The predicted octanol–water partition coefficient (Wildman–Crippen LogP) is 3.87. The zero-order chi connectivity index (χ0) is 11.1. The molecule has 0 spiro atoms. The van der Waals surface area contributed by atoms with E-state index in [1.807, 2.05) is 13.0 Å². The van der Waals surface area contributed by atoms with Gasteiger partial charge in [-0.3, -0.25) is 0 Å². The maximum atomic E-state index is 5.62. The van der Waals surface area contributed by atoms with Gasteiger partial charge in [-0.2, -0.15) is 0 Å². The number of halogens is 1. The molecule has 0 amide bonds. The lowest BCUT2D eigenvalue weighted by molar-refractivity contribution is 0.544. The molecule has 0 heterocycles. The smallest absolute Gasteiger partial charge is 0.0320 e. The molecule has 1 nitrogen and oxygen atoms in total. The van der Waals surface area contributed by atoms with E-state index in [4.69, 9.17) is 11.6 Å². The van der Waals surface area contributed by atoms with Crippen LogP contribution in [0.3, 0.4) is 0 Å². The van der Waals surface area contributed by atoms with E-state index in [2.05, 4.69) is 36.5 Å². The van der Waals surface area contributed by atoms with Crippen LogP contribution >= 0.6 is 11.6 Å². The Morgan fingerprint density at radius 2 is 2.07 bits per heavy atom. The van der Waals surface area contributed by atoms with Crippen LogP contribution < -0.4 is 5.32 Å². The molecule has 1 rings (SSSR count). The van der Waals surface area contributed by atoms with Crippen LogP contribution in [0, 0.1) is 0 Å². The number of benzene rings is 1. The molecule has 1 N–H and O–H groups in total. The van der Waals surface area contributed by atoms with Gasteiger partial charge in [-0.25, -0.2) is 0 Å². The van der Waals surface area contributed by atoms with Crippen LogP contribution in [0.5, 0.6) is 0 Å². The van der Waals surface area contributed by atoms with Crippen molar-refractivity contribution in [2.45, 2.75) is 26.3 Å². The van der Waals surface area contributed by atoms with Crippen LogP contribution in [-0.2, 0) is 0 Å². The zero-order valence-corrected chi connectivity index (χ0v) is 10.1. The summed E-state index contributed by atoms with van der Waals surface area (Å²) in [5, 5.41) is 3.48. The van der Waals surface area contributed by atoms with E-state index in [0.717, 1.165) is 18.5 Å². The second-order valence-electron chi connectivity index (χ2n) is 3.71. The summed E-state index contributed by atoms with van der Waals surface area (Å²) < 4.78 is 0. The van der Waals surface area contributed by atoms with Gasteiger partial charge in [-0.15, -0.1) is 0 Å². The van der Waals surface area contributed by atoms with Crippen LogP contribution in [0.4, 0.5) is 0 Å². The molecule has 0 saturated heterocycles. The summed E-state index contributed by atoms with van der Waals surface area (Å²) in [6.45, 7) is 5.05. The van der Waals surface area contributed by atoms with Crippen molar-refractivity contribution >= 4 is 11.6 Å². The van der Waals surface area contributed by atoms with Gasteiger partial charge in [-0.05, 0) is 24.5 Å². The summed E-state index contributed by atoms with van der Waals surface area (Å²) >= 11 is 5.62. The van der Waals surface area contributed by atoms with E-state index in [-0.39, 0.29) is 0 Å². The molecule has 2 heteroatoms. The monoisotopic (exact) mass is 223 g/mol. The summed E-state index contributed by atoms with van der Waals surface area (Å²) in [4.78, 5) is 0. The van der Waals surface area contributed by atoms with E-state index >= 15 is 0 Å². The molecule has 0 fully saturated rings. The van der Waals surface area contributed by atoms with Crippen molar-refractivity contribution in [3.05, 3.63) is 47.0 Å². The molecule has 1 unspecified atom stereocenters. The average Bonchev–Trinajstić information content (AvgIpc) is 2.31. The van der Waals surface area contributed by atoms with Gasteiger partial charge in [0.05, 0.1) is 0 Å². The van der Waals surface area contributed by atoms with Gasteiger partial charge in [0, 0.05) is 18.1 Å². The Balaban J connectivity index is 2.57. The van der Waals surface area contributed by atoms with E-state index in [1.165, 1.54) is 5.56 Å². The second kappa shape index (κ2) is 6.65. The fourth-order valence-electron chi connectivity index (χ4n) is 1.51. The summed E-state index contributed by atoms with van der Waals surface area (Å²) in [6, 6.07) is 10.9. The Morgan fingerprint density at radius 1 is 1.40 bits per heavy atom. The van der Waals surface area contributed by atoms with Crippen molar-refractivity contribution in [2.24, 2.45) is 0 Å². The van der Waals surface area contributed by atoms with Crippen LogP contribution in [0.25, 0.3) is 0 Å². The third-order valence-electron chi connectivity index (χ3n) is 2.42. The standard InChI is InChI=1S/C13H18ClN/c1-3-13(15-10-11(2)9-14)12-7-5-4-6-8-12/h4-9,13,15H,3,10H2,1-2H3/b11-9+. The lowest BCUT2D eigenvalue weighted by Gasteiger charge is -2.17. The lowest BCUT2D eigenvalue weighted by atomic mass is 10.0. The topological polar surface area (TPSA) is 12.0 Å². The number of nitrogens with one attached hydrogen (secondary N) is 1. The van der Waals surface area contributed by atoms with Gasteiger partial charge in [0.1, 0.15) is 0 Å². The van der Waals surface area contributed by atoms with Crippen LogP contribution in [0.2, 0.25) is 0 Å². The summed E-state index contributed by atoms with van der Waals surface area (Å²) in [6.07, 6.45) is 1.08. The van der Waals surface area contributed by atoms with Gasteiger partial charge in [0.2, 0.25) is 0 Å². The first-order chi connectivity index (χ1) is 7.27. The number of rotatable bonds is 5. The molecule has 0 radical (unpaired) electrons. The number of hydrogen-bond acceptors (Lipinski definition) is 1. The summed E-state index contributed by atoms with van der Waals surface area (Å²) in [5.74, 6) is 0. The Morgan fingerprint density at radius 3 is 2.60 bits per heavy atom. The molecule has 0 bridgehead atoms. The zero-order valence-electron chi connectivity index (χ0n) is 9.33. The first-order valence-electron chi connectivity index (χ1n) is 5.32. The Hall–Kier alpha value is -0.790. The summed E-state index contributed by atoms with van der Waals surface area (Å²) in [7, 11) is 0. The molecule has 1 aromatic carbocycles. The fourth-order valence-corrected chi connectivity index (χ4v) is 1.58. The molecule has 15 heavy (non-hydrogen) atoms. The van der Waals surface area contributed by atoms with Crippen molar-refractivity contribution < 1.29 is 0 Å². The molecular formula is C13H18ClN. The molecule has 0 aliphatic carbocycles. The van der Waals surface area contributed by atoms with Crippen molar-refractivity contribution in [2.75, 3.05) is 6.54 Å². The Bertz CT molecular complexity index is 306. The van der Waals surface area contributed by atoms with Gasteiger partial charge >= 0.3 is 0 Å². The number of hydrogen-bond donors (Lipinski definition) is 1. The second-order valence-corrected chi connectivity index (χ2v) is 3.93. The summed E-state index contributed by atoms with van der Waals surface area (Å²) in [5.41, 5.74) is 4.12. The SMILES string of the molecule is CCC(NC/C(C)=C/Cl)c1ccccc1. The third-order valence-corrected chi connectivity index (χ3v) is 2.80. The lowest BCUT2D eigenvalue weighted by Crippen LogP contribution is -2.22. The van der Waals surface area contributed by atoms with Crippen LogP contribution in [-0.4, -0.2) is 6.54 Å². The third kappa shape index (κ3) is 4.06. The predicted molar refractivity (Wildman–Crippen MR) is 67.1 cm³/mol. The van der Waals surface area contributed by atoms with E-state index < -0.39 is 0 Å². The normalized spacial score (nSPS) is 13.9. The molecule has 1 aromatic rings. The largest absolute Gasteiger partial charge is 0.306 e. The van der Waals surface area contributed by atoms with Crippen molar-refractivity contribution in [1.29, 1.82) is 0 Å². The van der Waals surface area contributed by atoms with Crippen molar-refractivity contribution in [3.8, 4) is 0 Å². The minimum atomic E-state index is 0.415.